The molecule has 2 unspecified atom stereocenters. The standard InChI is InChI=1S/C18H16O6/c1-3-13(19)11-9-8-10-6-5-7-12(17(21)22)15(10)16(11)18(23)24-14(20)4-2/h3-9,13-14,19-20H,1-2H2,(H,21,22). The molecular weight excluding hydrogens is 312 g/mol. The average molecular weight is 328 g/mol. The van der Waals surface area contributed by atoms with Crippen LogP contribution < -0.4 is 0 Å². The second-order valence-corrected chi connectivity index (χ2v) is 4.95. The molecule has 0 saturated heterocycles. The van der Waals surface area contributed by atoms with Crippen molar-refractivity contribution in [3.8, 4) is 0 Å². The third kappa shape index (κ3) is 3.19. The fraction of sp³-hybridized carbons (Fsp3) is 0.111. The highest BCUT2D eigenvalue weighted by Gasteiger charge is 2.25. The summed E-state index contributed by atoms with van der Waals surface area (Å²) in [6, 6.07) is 7.59. The molecule has 124 valence electrons. The first kappa shape index (κ1) is 17.4. The lowest BCUT2D eigenvalue weighted by atomic mass is 9.92. The minimum atomic E-state index is -1.56. The van der Waals surface area contributed by atoms with Crippen LogP contribution in [-0.2, 0) is 4.74 Å². The van der Waals surface area contributed by atoms with Gasteiger partial charge in [-0.3, -0.25) is 0 Å². The third-order valence-corrected chi connectivity index (χ3v) is 3.48. The van der Waals surface area contributed by atoms with Crippen molar-refractivity contribution in [1.82, 2.24) is 0 Å². The number of rotatable bonds is 6. The van der Waals surface area contributed by atoms with Crippen LogP contribution in [-0.4, -0.2) is 33.5 Å². The van der Waals surface area contributed by atoms with Gasteiger partial charge in [-0.15, -0.1) is 6.58 Å². The van der Waals surface area contributed by atoms with Crippen LogP contribution >= 0.6 is 0 Å². The minimum absolute atomic E-state index is 0.115. The zero-order chi connectivity index (χ0) is 17.9. The van der Waals surface area contributed by atoms with Crippen LogP contribution in [0.15, 0.2) is 55.6 Å². The Morgan fingerprint density at radius 3 is 2.38 bits per heavy atom. The van der Waals surface area contributed by atoms with E-state index in [0.717, 1.165) is 6.08 Å². The number of aromatic carboxylic acids is 1. The number of aliphatic hydroxyl groups excluding tert-OH is 2. The molecule has 0 aromatic heterocycles. The first-order valence-electron chi connectivity index (χ1n) is 7.01. The molecule has 0 bridgehead atoms. The van der Waals surface area contributed by atoms with Gasteiger partial charge >= 0.3 is 11.9 Å². The van der Waals surface area contributed by atoms with E-state index in [4.69, 9.17) is 4.74 Å². The van der Waals surface area contributed by atoms with E-state index in [-0.39, 0.29) is 22.1 Å². The van der Waals surface area contributed by atoms with Crippen LogP contribution in [0.4, 0.5) is 0 Å². The fourth-order valence-corrected chi connectivity index (χ4v) is 2.38. The maximum Gasteiger partial charge on any atom is 0.341 e. The van der Waals surface area contributed by atoms with E-state index < -0.39 is 24.3 Å². The molecule has 2 aromatic rings. The molecule has 0 spiro atoms. The van der Waals surface area contributed by atoms with Gasteiger partial charge in [0.25, 0.3) is 0 Å². The Labute approximate surface area is 137 Å². The number of hydrogen-bond acceptors (Lipinski definition) is 5. The lowest BCUT2D eigenvalue weighted by molar-refractivity contribution is -0.0351. The van der Waals surface area contributed by atoms with Gasteiger partial charge in [-0.1, -0.05) is 36.9 Å². The lowest BCUT2D eigenvalue weighted by Gasteiger charge is -2.17. The molecule has 2 atom stereocenters. The zero-order valence-corrected chi connectivity index (χ0v) is 12.7. The van der Waals surface area contributed by atoms with Gasteiger partial charge in [-0.2, -0.15) is 0 Å². The summed E-state index contributed by atoms with van der Waals surface area (Å²) in [6.45, 7) is 6.77. The zero-order valence-electron chi connectivity index (χ0n) is 12.7. The van der Waals surface area contributed by atoms with Crippen molar-refractivity contribution < 1.29 is 29.6 Å². The molecule has 0 fully saturated rings. The molecule has 24 heavy (non-hydrogen) atoms. The number of carboxylic acid groups (broad SMARTS) is 1. The number of esters is 1. The number of hydrogen-bond donors (Lipinski definition) is 3. The van der Waals surface area contributed by atoms with E-state index in [2.05, 4.69) is 13.2 Å². The summed E-state index contributed by atoms with van der Waals surface area (Å²) in [5, 5.41) is 29.6. The summed E-state index contributed by atoms with van der Waals surface area (Å²) in [5.74, 6) is -2.21. The van der Waals surface area contributed by atoms with E-state index in [1.807, 2.05) is 0 Å². The van der Waals surface area contributed by atoms with Gasteiger partial charge in [0, 0.05) is 5.39 Å². The highest BCUT2D eigenvalue weighted by Crippen LogP contribution is 2.31. The SMILES string of the molecule is C=CC(O)OC(=O)c1c(C(O)C=C)ccc2cccc(C(=O)O)c12. The Morgan fingerprint density at radius 2 is 1.79 bits per heavy atom. The van der Waals surface area contributed by atoms with Gasteiger partial charge in [0.15, 0.2) is 0 Å². The molecule has 0 amide bonds. The summed E-state index contributed by atoms with van der Waals surface area (Å²) in [6.07, 6.45) is -0.561. The normalized spacial score (nSPS) is 13.1. The molecule has 0 aliphatic rings. The van der Waals surface area contributed by atoms with Crippen molar-refractivity contribution in [2.75, 3.05) is 0 Å². The predicted octanol–water partition coefficient (Wildman–Crippen LogP) is 2.42. The van der Waals surface area contributed by atoms with Gasteiger partial charge in [-0.05, 0) is 23.1 Å². The quantitative estimate of drug-likeness (QED) is 0.427. The van der Waals surface area contributed by atoms with Crippen LogP contribution in [0.5, 0.6) is 0 Å². The van der Waals surface area contributed by atoms with Gasteiger partial charge in [0.1, 0.15) is 0 Å². The number of fused-ring (bicyclic) bond motifs is 1. The Morgan fingerprint density at radius 1 is 1.08 bits per heavy atom. The number of carbonyl (C=O) groups excluding carboxylic acids is 1. The molecule has 0 saturated carbocycles. The number of carboxylic acids is 1. The lowest BCUT2D eigenvalue weighted by Crippen LogP contribution is -2.18. The Balaban J connectivity index is 2.83. The van der Waals surface area contributed by atoms with Gasteiger partial charge in [-0.25, -0.2) is 9.59 Å². The molecule has 6 heteroatoms. The van der Waals surface area contributed by atoms with Crippen LogP contribution in [0.1, 0.15) is 32.4 Å². The first-order valence-corrected chi connectivity index (χ1v) is 7.01. The van der Waals surface area contributed by atoms with E-state index >= 15 is 0 Å². The van der Waals surface area contributed by atoms with Crippen molar-refractivity contribution in [1.29, 1.82) is 0 Å². The molecule has 6 nitrogen and oxygen atoms in total. The van der Waals surface area contributed by atoms with Crippen molar-refractivity contribution in [2.24, 2.45) is 0 Å². The van der Waals surface area contributed by atoms with Gasteiger partial charge in [0.2, 0.25) is 6.29 Å². The maximum atomic E-state index is 12.5. The van der Waals surface area contributed by atoms with Crippen LogP contribution in [0.25, 0.3) is 10.8 Å². The average Bonchev–Trinajstić information content (AvgIpc) is 2.58. The number of benzene rings is 2. The van der Waals surface area contributed by atoms with E-state index in [0.29, 0.717) is 5.39 Å². The van der Waals surface area contributed by atoms with E-state index in [1.165, 1.54) is 18.2 Å². The highest BCUT2D eigenvalue weighted by molar-refractivity contribution is 6.14. The van der Waals surface area contributed by atoms with Gasteiger partial charge in [0.05, 0.1) is 17.2 Å². The Hall–Kier alpha value is -2.96. The van der Waals surface area contributed by atoms with Crippen molar-refractivity contribution in [3.63, 3.8) is 0 Å². The smallest absolute Gasteiger partial charge is 0.341 e. The fourth-order valence-electron chi connectivity index (χ4n) is 2.38. The number of ether oxygens (including phenoxy) is 1. The van der Waals surface area contributed by atoms with E-state index in [1.54, 1.807) is 18.2 Å². The molecule has 0 heterocycles. The summed E-state index contributed by atoms with van der Waals surface area (Å²) in [4.78, 5) is 24.0. The summed E-state index contributed by atoms with van der Waals surface area (Å²) in [5.41, 5.74) is -0.128. The maximum absolute atomic E-state index is 12.5. The van der Waals surface area contributed by atoms with Crippen molar-refractivity contribution in [3.05, 3.63) is 72.3 Å². The minimum Gasteiger partial charge on any atom is -0.478 e. The van der Waals surface area contributed by atoms with Crippen LogP contribution in [0.2, 0.25) is 0 Å². The third-order valence-electron chi connectivity index (χ3n) is 3.48. The monoisotopic (exact) mass is 328 g/mol. The second-order valence-electron chi connectivity index (χ2n) is 4.95. The summed E-state index contributed by atoms with van der Waals surface area (Å²) < 4.78 is 4.82. The second kappa shape index (κ2) is 7.08. The number of carbonyl (C=O) groups is 2. The highest BCUT2D eigenvalue weighted by atomic mass is 16.6. The number of aliphatic hydroxyl groups is 2. The largest absolute Gasteiger partial charge is 0.478 e. The summed E-state index contributed by atoms with van der Waals surface area (Å²) >= 11 is 0. The van der Waals surface area contributed by atoms with Crippen molar-refractivity contribution >= 4 is 22.7 Å². The Kier molecular flexibility index (Phi) is 5.13. The predicted molar refractivity (Wildman–Crippen MR) is 87.7 cm³/mol. The molecule has 0 radical (unpaired) electrons. The van der Waals surface area contributed by atoms with Crippen LogP contribution in [0, 0.1) is 0 Å². The summed E-state index contributed by atoms with van der Waals surface area (Å²) in [7, 11) is 0. The van der Waals surface area contributed by atoms with Gasteiger partial charge < -0.3 is 20.1 Å². The molecule has 2 aromatic carbocycles. The van der Waals surface area contributed by atoms with Crippen molar-refractivity contribution in [2.45, 2.75) is 12.4 Å². The Bertz CT molecular complexity index is 824. The van der Waals surface area contributed by atoms with Crippen LogP contribution in [0.3, 0.4) is 0 Å². The van der Waals surface area contributed by atoms with E-state index in [9.17, 15) is 24.9 Å². The first-order chi connectivity index (χ1) is 11.4. The molecule has 3 N–H and O–H groups in total. The molecule has 0 aliphatic carbocycles. The molecular formula is C18H16O6. The molecule has 2 rings (SSSR count). The molecule has 0 aliphatic heterocycles. The topological polar surface area (TPSA) is 104 Å².